The molecule has 1 aliphatic rings. The van der Waals surface area contributed by atoms with E-state index in [0.29, 0.717) is 19.5 Å². The van der Waals surface area contributed by atoms with Crippen molar-refractivity contribution in [2.24, 2.45) is 5.73 Å². The van der Waals surface area contributed by atoms with Crippen LogP contribution in [0.3, 0.4) is 0 Å². The summed E-state index contributed by atoms with van der Waals surface area (Å²) >= 11 is 0. The third kappa shape index (κ3) is 2.58. The molecule has 0 saturated carbocycles. The van der Waals surface area contributed by atoms with Crippen LogP contribution in [0.25, 0.3) is 0 Å². The number of nitrogens with zero attached hydrogens (tertiary/aromatic N) is 1. The van der Waals surface area contributed by atoms with E-state index in [1.54, 1.807) is 11.9 Å². The predicted molar refractivity (Wildman–Crippen MR) is 65.9 cm³/mol. The first-order valence-corrected chi connectivity index (χ1v) is 5.92. The Balaban J connectivity index is 1.96. The number of carbonyl (C=O) groups excluding carboxylic acids is 1. The summed E-state index contributed by atoms with van der Waals surface area (Å²) in [6, 6.07) is 7.79. The summed E-state index contributed by atoms with van der Waals surface area (Å²) in [6.07, 6.45) is 1.12. The molecular formula is C13H18N2O2. The van der Waals surface area contributed by atoms with Gasteiger partial charge in [-0.05, 0) is 24.6 Å². The van der Waals surface area contributed by atoms with Crippen molar-refractivity contribution in [1.82, 2.24) is 4.90 Å². The van der Waals surface area contributed by atoms with Crippen LogP contribution in [0.4, 0.5) is 0 Å². The Kier molecular flexibility index (Phi) is 3.64. The van der Waals surface area contributed by atoms with Crippen LogP contribution in [-0.2, 0) is 11.2 Å². The quantitative estimate of drug-likeness (QED) is 0.838. The summed E-state index contributed by atoms with van der Waals surface area (Å²) in [4.78, 5) is 13.8. The number of rotatable bonds is 4. The lowest BCUT2D eigenvalue weighted by atomic mass is 10.1. The van der Waals surface area contributed by atoms with Gasteiger partial charge in [0, 0.05) is 20.0 Å². The zero-order chi connectivity index (χ0) is 12.3. The maximum absolute atomic E-state index is 12.1. The van der Waals surface area contributed by atoms with Crippen LogP contribution in [-0.4, -0.2) is 37.0 Å². The maximum atomic E-state index is 12.1. The lowest BCUT2D eigenvalue weighted by Crippen LogP contribution is -2.39. The maximum Gasteiger partial charge on any atom is 0.263 e. The lowest BCUT2D eigenvalue weighted by molar-refractivity contribution is -0.136. The van der Waals surface area contributed by atoms with E-state index in [0.717, 1.165) is 17.7 Å². The lowest BCUT2D eigenvalue weighted by Gasteiger charge is -2.20. The fourth-order valence-electron chi connectivity index (χ4n) is 2.00. The third-order valence-electron chi connectivity index (χ3n) is 3.00. The summed E-state index contributed by atoms with van der Waals surface area (Å²) in [6.45, 7) is 1.29. The number of para-hydroxylation sites is 1. The van der Waals surface area contributed by atoms with Crippen molar-refractivity contribution in [3.63, 3.8) is 0 Å². The first-order valence-electron chi connectivity index (χ1n) is 5.92. The van der Waals surface area contributed by atoms with Gasteiger partial charge in [-0.2, -0.15) is 0 Å². The van der Waals surface area contributed by atoms with Crippen LogP contribution in [0.15, 0.2) is 24.3 Å². The second-order valence-corrected chi connectivity index (χ2v) is 4.32. The predicted octanol–water partition coefficient (Wildman–Crippen LogP) is 0.797. The van der Waals surface area contributed by atoms with E-state index in [1.165, 1.54) is 0 Å². The van der Waals surface area contributed by atoms with Gasteiger partial charge in [0.05, 0.1) is 0 Å². The van der Waals surface area contributed by atoms with Gasteiger partial charge in [-0.1, -0.05) is 18.2 Å². The Bertz CT molecular complexity index is 381. The Morgan fingerprint density at radius 1 is 1.53 bits per heavy atom. The van der Waals surface area contributed by atoms with Gasteiger partial charge < -0.3 is 15.4 Å². The van der Waals surface area contributed by atoms with Crippen LogP contribution in [0, 0.1) is 0 Å². The van der Waals surface area contributed by atoms with Gasteiger partial charge in [0.15, 0.2) is 6.10 Å². The van der Waals surface area contributed by atoms with Gasteiger partial charge in [0.1, 0.15) is 5.75 Å². The first-order chi connectivity index (χ1) is 8.22. The molecule has 1 aromatic carbocycles. The van der Waals surface area contributed by atoms with E-state index in [9.17, 15) is 4.79 Å². The van der Waals surface area contributed by atoms with E-state index < -0.39 is 0 Å². The van der Waals surface area contributed by atoms with Crippen molar-refractivity contribution in [3.8, 4) is 5.75 Å². The monoisotopic (exact) mass is 234 g/mol. The first kappa shape index (κ1) is 11.9. The minimum absolute atomic E-state index is 0.0367. The Morgan fingerprint density at radius 2 is 2.29 bits per heavy atom. The van der Waals surface area contributed by atoms with Crippen molar-refractivity contribution in [3.05, 3.63) is 29.8 Å². The fourth-order valence-corrected chi connectivity index (χ4v) is 2.00. The average molecular weight is 234 g/mol. The number of hydrogen-bond acceptors (Lipinski definition) is 3. The standard InChI is InChI=1S/C13H18N2O2/c1-15(8-4-7-14)13(16)12-9-10-5-2-3-6-11(10)17-12/h2-3,5-6,12H,4,7-9,14H2,1H3. The number of nitrogens with two attached hydrogens (primary N) is 1. The molecule has 2 N–H and O–H groups in total. The zero-order valence-corrected chi connectivity index (χ0v) is 10.1. The molecule has 1 aromatic rings. The highest BCUT2D eigenvalue weighted by Crippen LogP contribution is 2.28. The Labute approximate surface area is 101 Å². The van der Waals surface area contributed by atoms with Crippen LogP contribution in [0.1, 0.15) is 12.0 Å². The molecule has 0 bridgehead atoms. The zero-order valence-electron chi connectivity index (χ0n) is 10.1. The minimum atomic E-state index is -0.366. The van der Waals surface area contributed by atoms with E-state index in [4.69, 9.17) is 10.5 Å². The molecular weight excluding hydrogens is 216 g/mol. The molecule has 4 nitrogen and oxygen atoms in total. The van der Waals surface area contributed by atoms with Crippen LogP contribution < -0.4 is 10.5 Å². The normalized spacial score (nSPS) is 17.4. The molecule has 1 amide bonds. The minimum Gasteiger partial charge on any atom is -0.480 e. The molecule has 0 saturated heterocycles. The Morgan fingerprint density at radius 3 is 3.00 bits per heavy atom. The summed E-state index contributed by atoms with van der Waals surface area (Å²) in [7, 11) is 1.80. The van der Waals surface area contributed by atoms with Gasteiger partial charge in [-0.15, -0.1) is 0 Å². The van der Waals surface area contributed by atoms with Gasteiger partial charge in [0.25, 0.3) is 5.91 Å². The number of carbonyl (C=O) groups is 1. The van der Waals surface area contributed by atoms with Gasteiger partial charge in [-0.3, -0.25) is 4.79 Å². The van der Waals surface area contributed by atoms with Crippen molar-refractivity contribution in [2.75, 3.05) is 20.1 Å². The molecule has 92 valence electrons. The average Bonchev–Trinajstić information content (AvgIpc) is 2.78. The highest BCUT2D eigenvalue weighted by atomic mass is 16.5. The molecule has 4 heteroatoms. The van der Waals surface area contributed by atoms with Gasteiger partial charge in [-0.25, -0.2) is 0 Å². The van der Waals surface area contributed by atoms with Gasteiger partial charge in [0.2, 0.25) is 0 Å². The van der Waals surface area contributed by atoms with Crippen LogP contribution >= 0.6 is 0 Å². The Hall–Kier alpha value is -1.55. The summed E-state index contributed by atoms with van der Waals surface area (Å²) < 4.78 is 5.65. The topological polar surface area (TPSA) is 55.6 Å². The van der Waals surface area contributed by atoms with E-state index >= 15 is 0 Å². The van der Waals surface area contributed by atoms with Crippen molar-refractivity contribution in [1.29, 1.82) is 0 Å². The SMILES string of the molecule is CN(CCCN)C(=O)C1Cc2ccccc2O1. The number of benzene rings is 1. The number of hydrogen-bond donors (Lipinski definition) is 1. The second-order valence-electron chi connectivity index (χ2n) is 4.32. The number of amides is 1. The number of ether oxygens (including phenoxy) is 1. The molecule has 0 fully saturated rings. The largest absolute Gasteiger partial charge is 0.480 e. The van der Waals surface area contributed by atoms with E-state index in [-0.39, 0.29) is 12.0 Å². The molecule has 1 heterocycles. The van der Waals surface area contributed by atoms with E-state index in [2.05, 4.69) is 0 Å². The fraction of sp³-hybridized carbons (Fsp3) is 0.462. The molecule has 1 aliphatic heterocycles. The van der Waals surface area contributed by atoms with Crippen molar-refractivity contribution >= 4 is 5.91 Å². The van der Waals surface area contributed by atoms with Crippen LogP contribution in [0.5, 0.6) is 5.75 Å². The molecule has 0 spiro atoms. The van der Waals surface area contributed by atoms with Crippen molar-refractivity contribution in [2.45, 2.75) is 18.9 Å². The third-order valence-corrected chi connectivity index (χ3v) is 3.00. The molecule has 1 atom stereocenters. The van der Waals surface area contributed by atoms with Crippen LogP contribution in [0.2, 0.25) is 0 Å². The highest BCUT2D eigenvalue weighted by Gasteiger charge is 2.30. The smallest absolute Gasteiger partial charge is 0.263 e. The molecule has 0 aliphatic carbocycles. The number of likely N-dealkylation sites (N-methyl/N-ethyl adjacent to an activating group) is 1. The van der Waals surface area contributed by atoms with Gasteiger partial charge >= 0.3 is 0 Å². The van der Waals surface area contributed by atoms with E-state index in [1.807, 2.05) is 24.3 Å². The molecule has 0 aromatic heterocycles. The molecule has 1 unspecified atom stereocenters. The number of fused-ring (bicyclic) bond motifs is 1. The molecule has 0 radical (unpaired) electrons. The second kappa shape index (κ2) is 5.19. The molecule has 17 heavy (non-hydrogen) atoms. The highest BCUT2D eigenvalue weighted by molar-refractivity contribution is 5.82. The summed E-state index contributed by atoms with van der Waals surface area (Å²) in [5.41, 5.74) is 6.54. The van der Waals surface area contributed by atoms with Crippen molar-refractivity contribution < 1.29 is 9.53 Å². The molecule has 2 rings (SSSR count). The summed E-state index contributed by atoms with van der Waals surface area (Å²) in [5.74, 6) is 0.868. The summed E-state index contributed by atoms with van der Waals surface area (Å²) in [5, 5.41) is 0.